The molecule has 2 aromatic carbocycles. The lowest BCUT2D eigenvalue weighted by molar-refractivity contribution is -0.150. The third-order valence-corrected chi connectivity index (χ3v) is 9.05. The Morgan fingerprint density at radius 2 is 1.75 bits per heavy atom. The number of amides is 1. The molecule has 40 heavy (non-hydrogen) atoms. The Morgan fingerprint density at radius 3 is 2.45 bits per heavy atom. The molecule has 1 amide bonds. The van der Waals surface area contributed by atoms with Crippen molar-refractivity contribution in [1.82, 2.24) is 9.47 Å². The van der Waals surface area contributed by atoms with Crippen LogP contribution in [-0.4, -0.2) is 61.0 Å². The fourth-order valence-electron chi connectivity index (χ4n) is 7.07. The molecule has 2 fully saturated rings. The third kappa shape index (κ3) is 4.39. The molecule has 4 heterocycles. The number of benzene rings is 2. The van der Waals surface area contributed by atoms with Crippen LogP contribution in [0.15, 0.2) is 42.5 Å². The van der Waals surface area contributed by atoms with E-state index in [1.807, 2.05) is 6.92 Å². The first-order valence-electron chi connectivity index (χ1n) is 14.0. The number of piperidine rings is 1. The second kappa shape index (κ2) is 10.6. The van der Waals surface area contributed by atoms with Gasteiger partial charge in [-0.1, -0.05) is 12.1 Å². The van der Waals surface area contributed by atoms with Crippen molar-refractivity contribution < 1.29 is 32.6 Å². The number of esters is 1. The number of rotatable bonds is 3. The van der Waals surface area contributed by atoms with E-state index in [0.717, 1.165) is 29.5 Å². The summed E-state index contributed by atoms with van der Waals surface area (Å²) in [4.78, 5) is 29.2. The predicted octanol–water partition coefficient (Wildman–Crippen LogP) is 5.52. The SMILES string of the molecule is COC(=O)[C@@]1(c2ccc(F)cc2)CCN(C(=O)n2c3c(c4ccc(F)cc42)C(C2CCOCC2)OCC3)[C@@H](C)C1. The number of carbonyl (C=O) groups is 2. The van der Waals surface area contributed by atoms with Crippen molar-refractivity contribution in [3.63, 3.8) is 0 Å². The lowest BCUT2D eigenvalue weighted by Gasteiger charge is -2.44. The average molecular weight is 553 g/mol. The molecule has 6 rings (SSSR count). The summed E-state index contributed by atoms with van der Waals surface area (Å²) in [5.74, 6) is -0.936. The maximum Gasteiger partial charge on any atom is 0.329 e. The van der Waals surface area contributed by atoms with E-state index in [9.17, 15) is 18.4 Å². The van der Waals surface area contributed by atoms with Crippen LogP contribution in [0.4, 0.5) is 13.6 Å². The molecule has 0 aliphatic carbocycles. The van der Waals surface area contributed by atoms with E-state index in [-0.39, 0.29) is 36.5 Å². The van der Waals surface area contributed by atoms with Crippen LogP contribution in [0.5, 0.6) is 0 Å². The van der Waals surface area contributed by atoms with Gasteiger partial charge in [-0.15, -0.1) is 0 Å². The molecule has 0 N–H and O–H groups in total. The molecule has 0 saturated carbocycles. The Kier molecular flexibility index (Phi) is 7.12. The molecule has 212 valence electrons. The Bertz CT molecular complexity index is 1430. The van der Waals surface area contributed by atoms with Gasteiger partial charge in [0.05, 0.1) is 30.8 Å². The highest BCUT2D eigenvalue weighted by molar-refractivity contribution is 5.96. The normalized spacial score (nSPS) is 25.6. The summed E-state index contributed by atoms with van der Waals surface area (Å²) in [6, 6.07) is 9.95. The molecule has 0 spiro atoms. The molecule has 3 aliphatic rings. The minimum atomic E-state index is -0.995. The summed E-state index contributed by atoms with van der Waals surface area (Å²) in [5, 5.41) is 0.834. The van der Waals surface area contributed by atoms with Crippen LogP contribution in [0.3, 0.4) is 0 Å². The van der Waals surface area contributed by atoms with Gasteiger partial charge >= 0.3 is 12.0 Å². The van der Waals surface area contributed by atoms with Crippen LogP contribution in [-0.2, 0) is 30.8 Å². The number of halogens is 2. The predicted molar refractivity (Wildman–Crippen MR) is 144 cm³/mol. The average Bonchev–Trinajstić information content (AvgIpc) is 3.30. The summed E-state index contributed by atoms with van der Waals surface area (Å²) in [7, 11) is 1.35. The molecule has 1 unspecified atom stereocenters. The highest BCUT2D eigenvalue weighted by atomic mass is 19.1. The monoisotopic (exact) mass is 552 g/mol. The van der Waals surface area contributed by atoms with E-state index in [1.54, 1.807) is 27.7 Å². The van der Waals surface area contributed by atoms with Gasteiger partial charge in [0, 0.05) is 48.9 Å². The zero-order chi connectivity index (χ0) is 28.0. The van der Waals surface area contributed by atoms with Crippen molar-refractivity contribution >= 4 is 22.9 Å². The summed E-state index contributed by atoms with van der Waals surface area (Å²) in [6.45, 7) is 4.02. The van der Waals surface area contributed by atoms with Gasteiger partial charge < -0.3 is 19.1 Å². The summed E-state index contributed by atoms with van der Waals surface area (Å²) < 4.78 is 47.0. The standard InChI is InChI=1S/C31H34F2N2O5/c1-19-18-31(29(36)38-2,21-3-5-22(32)6-4-21)12-13-34(19)30(37)35-25-11-16-40-28(20-9-14-39-15-10-20)27(25)24-8-7-23(33)17-26(24)35/h3-8,17,19-20,28H,9-16,18H2,1-2H3/t19-,28?,31-/m0/s1. The molecule has 9 heteroatoms. The molecule has 3 aromatic rings. The lowest BCUT2D eigenvalue weighted by Crippen LogP contribution is -2.54. The molecular weight excluding hydrogens is 518 g/mol. The molecule has 2 saturated heterocycles. The molecule has 3 atom stereocenters. The number of aromatic nitrogens is 1. The van der Waals surface area contributed by atoms with Crippen molar-refractivity contribution in [1.29, 1.82) is 0 Å². The second-order valence-corrected chi connectivity index (χ2v) is 11.2. The van der Waals surface area contributed by atoms with Crippen LogP contribution in [0.2, 0.25) is 0 Å². The molecule has 3 aliphatic heterocycles. The number of carbonyl (C=O) groups excluding carboxylic acids is 2. The Labute approximate surface area is 232 Å². The first kappa shape index (κ1) is 26.9. The minimum absolute atomic E-state index is 0.182. The fourth-order valence-corrected chi connectivity index (χ4v) is 7.07. The van der Waals surface area contributed by atoms with Crippen molar-refractivity contribution in [3.8, 4) is 0 Å². The highest BCUT2D eigenvalue weighted by Gasteiger charge is 2.48. The van der Waals surface area contributed by atoms with Crippen molar-refractivity contribution in [2.45, 2.75) is 56.6 Å². The third-order valence-electron chi connectivity index (χ3n) is 9.05. The first-order chi connectivity index (χ1) is 19.3. The molecule has 0 bridgehead atoms. The molecular formula is C31H34F2N2O5. The second-order valence-electron chi connectivity index (χ2n) is 11.2. The summed E-state index contributed by atoms with van der Waals surface area (Å²) in [5.41, 5.74) is 2.05. The number of nitrogens with zero attached hydrogens (tertiary/aromatic N) is 2. The number of fused-ring (bicyclic) bond motifs is 3. The van der Waals surface area contributed by atoms with Crippen LogP contribution in [0.1, 0.15) is 55.5 Å². The first-order valence-corrected chi connectivity index (χ1v) is 14.0. The maximum atomic E-state index is 14.6. The highest BCUT2D eigenvalue weighted by Crippen LogP contribution is 2.44. The Balaban J connectivity index is 1.38. The van der Waals surface area contributed by atoms with Gasteiger partial charge in [0.1, 0.15) is 11.6 Å². The van der Waals surface area contributed by atoms with Crippen molar-refractivity contribution in [2.75, 3.05) is 33.5 Å². The van der Waals surface area contributed by atoms with Gasteiger partial charge in [-0.3, -0.25) is 9.36 Å². The number of hydrogen-bond donors (Lipinski definition) is 0. The lowest BCUT2D eigenvalue weighted by atomic mass is 9.70. The van der Waals surface area contributed by atoms with Crippen molar-refractivity contribution in [3.05, 3.63) is 70.9 Å². The van der Waals surface area contributed by atoms with Gasteiger partial charge in [-0.25, -0.2) is 13.6 Å². The number of hydrogen-bond acceptors (Lipinski definition) is 5. The van der Waals surface area contributed by atoms with Crippen LogP contribution >= 0.6 is 0 Å². The van der Waals surface area contributed by atoms with E-state index < -0.39 is 17.2 Å². The largest absolute Gasteiger partial charge is 0.468 e. The van der Waals surface area contributed by atoms with E-state index in [2.05, 4.69) is 0 Å². The molecule has 0 radical (unpaired) electrons. The molecule has 1 aromatic heterocycles. The van der Waals surface area contributed by atoms with E-state index in [4.69, 9.17) is 14.2 Å². The summed E-state index contributed by atoms with van der Waals surface area (Å²) >= 11 is 0. The number of likely N-dealkylation sites (tertiary alicyclic amines) is 1. The zero-order valence-corrected chi connectivity index (χ0v) is 22.8. The van der Waals surface area contributed by atoms with Gasteiger partial charge in [-0.2, -0.15) is 0 Å². The van der Waals surface area contributed by atoms with Crippen molar-refractivity contribution in [2.24, 2.45) is 5.92 Å². The fraction of sp³-hybridized carbons (Fsp3) is 0.484. The van der Waals surface area contributed by atoms with Gasteiger partial charge in [0.2, 0.25) is 0 Å². The maximum absolute atomic E-state index is 14.6. The smallest absolute Gasteiger partial charge is 0.329 e. The van der Waals surface area contributed by atoms with E-state index in [1.165, 1.54) is 31.4 Å². The molecule has 7 nitrogen and oxygen atoms in total. The topological polar surface area (TPSA) is 70.0 Å². The van der Waals surface area contributed by atoms with E-state index >= 15 is 0 Å². The Morgan fingerprint density at radius 1 is 1.02 bits per heavy atom. The zero-order valence-electron chi connectivity index (χ0n) is 22.8. The quantitative estimate of drug-likeness (QED) is 0.400. The number of ether oxygens (including phenoxy) is 3. The number of methoxy groups -OCH3 is 1. The van der Waals surface area contributed by atoms with E-state index in [0.29, 0.717) is 50.2 Å². The van der Waals surface area contributed by atoms with Crippen LogP contribution in [0.25, 0.3) is 10.9 Å². The van der Waals surface area contributed by atoms with Gasteiger partial charge in [-0.05, 0) is 74.4 Å². The van der Waals surface area contributed by atoms with Gasteiger partial charge in [0.15, 0.2) is 0 Å². The van der Waals surface area contributed by atoms with Crippen LogP contribution in [0, 0.1) is 17.6 Å². The van der Waals surface area contributed by atoms with Gasteiger partial charge in [0.25, 0.3) is 0 Å². The minimum Gasteiger partial charge on any atom is -0.468 e. The Hall–Kier alpha value is -3.30. The summed E-state index contributed by atoms with van der Waals surface area (Å²) in [6.07, 6.45) is 2.74. The van der Waals surface area contributed by atoms with Crippen LogP contribution < -0.4 is 0 Å².